The lowest BCUT2D eigenvalue weighted by Gasteiger charge is -2.21. The highest BCUT2D eigenvalue weighted by atomic mass is 127. The van der Waals surface area contributed by atoms with Gasteiger partial charge in [0, 0.05) is 19.7 Å². The summed E-state index contributed by atoms with van der Waals surface area (Å²) in [5, 5.41) is 6.47. The maximum Gasteiger partial charge on any atom is 0.241 e. The van der Waals surface area contributed by atoms with Crippen molar-refractivity contribution in [1.29, 1.82) is 0 Å². The first kappa shape index (κ1) is 27.3. The lowest BCUT2D eigenvalue weighted by atomic mass is 10.1. The van der Waals surface area contributed by atoms with Crippen LogP contribution in [0.3, 0.4) is 0 Å². The third kappa shape index (κ3) is 8.10. The molecule has 0 aliphatic rings. The summed E-state index contributed by atoms with van der Waals surface area (Å²) in [6, 6.07) is 13.2. The average molecular weight is 556 g/mol. The lowest BCUT2D eigenvalue weighted by molar-refractivity contribution is -0.127. The number of nitrogens with one attached hydrogen (secondary N) is 2. The van der Waals surface area contributed by atoms with E-state index in [-0.39, 0.29) is 42.5 Å². The number of carbonyl (C=O) groups excluding carboxylic acids is 1. The maximum absolute atomic E-state index is 12.1. The molecule has 0 spiro atoms. The third-order valence-electron chi connectivity index (χ3n) is 4.74. The maximum atomic E-state index is 12.1. The van der Waals surface area contributed by atoms with Crippen LogP contribution in [0, 0.1) is 0 Å². The second-order valence-corrected chi connectivity index (χ2v) is 7.13. The van der Waals surface area contributed by atoms with Gasteiger partial charge in [-0.3, -0.25) is 4.79 Å². The van der Waals surface area contributed by atoms with Crippen LogP contribution in [0.1, 0.15) is 24.1 Å². The van der Waals surface area contributed by atoms with Gasteiger partial charge < -0.3 is 29.7 Å². The summed E-state index contributed by atoms with van der Waals surface area (Å²) < 4.78 is 16.0. The Hall–Kier alpha value is -2.69. The summed E-state index contributed by atoms with van der Waals surface area (Å²) in [5.74, 6) is 2.73. The Bertz CT molecular complexity index is 888. The van der Waals surface area contributed by atoms with Crippen LogP contribution in [-0.4, -0.2) is 58.7 Å². The molecule has 9 heteroatoms. The standard InChI is InChI=1S/C23H32N4O4.HI/c1-16(20-13-19(30-5)11-12-21(20)31-6)26-23(25-15-22(28)27(2)3)24-14-17-7-9-18(29-4)10-8-17;/h7-13,16H,14-15H2,1-6H3,(H2,24,25,26);1H. The van der Waals surface area contributed by atoms with E-state index in [4.69, 9.17) is 14.2 Å². The van der Waals surface area contributed by atoms with Crippen LogP contribution in [0.2, 0.25) is 0 Å². The van der Waals surface area contributed by atoms with Crippen molar-refractivity contribution in [3.8, 4) is 17.2 Å². The highest BCUT2D eigenvalue weighted by Crippen LogP contribution is 2.29. The summed E-state index contributed by atoms with van der Waals surface area (Å²) >= 11 is 0. The largest absolute Gasteiger partial charge is 0.497 e. The number of amides is 1. The number of likely N-dealkylation sites (N-methyl/N-ethyl adjacent to an activating group) is 1. The molecule has 1 amide bonds. The van der Waals surface area contributed by atoms with E-state index in [0.29, 0.717) is 12.5 Å². The van der Waals surface area contributed by atoms with Gasteiger partial charge in [0.25, 0.3) is 0 Å². The first-order valence-corrected chi connectivity index (χ1v) is 9.97. The quantitative estimate of drug-likeness (QED) is 0.281. The number of halogens is 1. The molecular weight excluding hydrogens is 523 g/mol. The van der Waals surface area contributed by atoms with Gasteiger partial charge in [-0.15, -0.1) is 24.0 Å². The Balaban J connectivity index is 0.00000512. The molecule has 0 aliphatic heterocycles. The zero-order chi connectivity index (χ0) is 22.8. The predicted octanol–water partition coefficient (Wildman–Crippen LogP) is 3.22. The molecule has 0 saturated heterocycles. The number of guanidine groups is 1. The zero-order valence-corrected chi connectivity index (χ0v) is 21.8. The van der Waals surface area contributed by atoms with Crippen LogP contribution in [0.4, 0.5) is 0 Å². The Morgan fingerprint density at radius 2 is 1.62 bits per heavy atom. The van der Waals surface area contributed by atoms with Gasteiger partial charge in [0.1, 0.15) is 17.2 Å². The number of nitrogens with zero attached hydrogens (tertiary/aromatic N) is 2. The summed E-state index contributed by atoms with van der Waals surface area (Å²) in [7, 11) is 8.32. The van der Waals surface area contributed by atoms with Crippen molar-refractivity contribution in [2.75, 3.05) is 42.0 Å². The van der Waals surface area contributed by atoms with E-state index in [0.717, 1.165) is 28.4 Å². The first-order chi connectivity index (χ1) is 14.9. The number of hydrogen-bond donors (Lipinski definition) is 2. The molecule has 0 aromatic heterocycles. The molecule has 8 nitrogen and oxygen atoms in total. The fraction of sp³-hybridized carbons (Fsp3) is 0.391. The normalized spacial score (nSPS) is 11.6. The van der Waals surface area contributed by atoms with Crippen LogP contribution >= 0.6 is 24.0 Å². The van der Waals surface area contributed by atoms with Crippen LogP contribution in [0.5, 0.6) is 17.2 Å². The number of hydrogen-bond acceptors (Lipinski definition) is 5. The van der Waals surface area contributed by atoms with Crippen LogP contribution in [0.25, 0.3) is 0 Å². The van der Waals surface area contributed by atoms with Crippen molar-refractivity contribution in [2.24, 2.45) is 4.99 Å². The van der Waals surface area contributed by atoms with E-state index < -0.39 is 0 Å². The molecule has 32 heavy (non-hydrogen) atoms. The zero-order valence-electron chi connectivity index (χ0n) is 19.5. The molecular formula is C23H33IN4O4. The Kier molecular flexibility index (Phi) is 11.7. The molecule has 1 atom stereocenters. The smallest absolute Gasteiger partial charge is 0.241 e. The van der Waals surface area contributed by atoms with Crippen molar-refractivity contribution in [3.63, 3.8) is 0 Å². The SMILES string of the molecule is COc1ccc(CN=C(NCC(=O)N(C)C)NC(C)c2cc(OC)ccc2OC)cc1.I. The molecule has 2 N–H and O–H groups in total. The van der Waals surface area contributed by atoms with Gasteiger partial charge in [-0.25, -0.2) is 4.99 Å². The Morgan fingerprint density at radius 3 is 2.19 bits per heavy atom. The minimum atomic E-state index is -0.151. The number of rotatable bonds is 9. The molecule has 0 radical (unpaired) electrons. The van der Waals surface area contributed by atoms with Crippen molar-refractivity contribution in [2.45, 2.75) is 19.5 Å². The summed E-state index contributed by atoms with van der Waals surface area (Å²) in [6.07, 6.45) is 0. The molecule has 0 bridgehead atoms. The number of carbonyl (C=O) groups is 1. The molecule has 2 aromatic carbocycles. The van der Waals surface area contributed by atoms with E-state index in [9.17, 15) is 4.79 Å². The average Bonchev–Trinajstić information content (AvgIpc) is 2.80. The Labute approximate surface area is 207 Å². The number of benzene rings is 2. The molecule has 1 unspecified atom stereocenters. The third-order valence-corrected chi connectivity index (χ3v) is 4.74. The summed E-state index contributed by atoms with van der Waals surface area (Å²) in [6.45, 7) is 2.57. The minimum Gasteiger partial charge on any atom is -0.497 e. The minimum absolute atomic E-state index is 0. The van der Waals surface area contributed by atoms with Crippen molar-refractivity contribution >= 4 is 35.8 Å². The van der Waals surface area contributed by atoms with Gasteiger partial charge in [0.15, 0.2) is 5.96 Å². The van der Waals surface area contributed by atoms with E-state index >= 15 is 0 Å². The topological polar surface area (TPSA) is 84.4 Å². The van der Waals surface area contributed by atoms with Crippen molar-refractivity contribution < 1.29 is 19.0 Å². The highest BCUT2D eigenvalue weighted by Gasteiger charge is 2.15. The fourth-order valence-electron chi connectivity index (χ4n) is 2.83. The van der Waals surface area contributed by atoms with Crippen LogP contribution < -0.4 is 24.8 Å². The van der Waals surface area contributed by atoms with E-state index in [2.05, 4.69) is 15.6 Å². The molecule has 0 heterocycles. The second kappa shape index (κ2) is 13.7. The molecule has 0 saturated carbocycles. The summed E-state index contributed by atoms with van der Waals surface area (Å²) in [4.78, 5) is 18.2. The van der Waals surface area contributed by atoms with Gasteiger partial charge in [-0.05, 0) is 42.8 Å². The van der Waals surface area contributed by atoms with Gasteiger partial charge in [-0.2, -0.15) is 0 Å². The number of methoxy groups -OCH3 is 3. The van der Waals surface area contributed by atoms with E-state index in [1.54, 1.807) is 35.4 Å². The van der Waals surface area contributed by atoms with Crippen LogP contribution in [-0.2, 0) is 11.3 Å². The van der Waals surface area contributed by atoms with E-state index in [1.807, 2.05) is 49.4 Å². The Morgan fingerprint density at radius 1 is 1.00 bits per heavy atom. The number of aliphatic imine (C=N–C) groups is 1. The van der Waals surface area contributed by atoms with Gasteiger partial charge in [-0.1, -0.05) is 12.1 Å². The second-order valence-electron chi connectivity index (χ2n) is 7.13. The van der Waals surface area contributed by atoms with Gasteiger partial charge in [0.2, 0.25) is 5.91 Å². The summed E-state index contributed by atoms with van der Waals surface area (Å²) in [5.41, 5.74) is 1.94. The van der Waals surface area contributed by atoms with Crippen molar-refractivity contribution in [3.05, 3.63) is 53.6 Å². The molecule has 176 valence electrons. The van der Waals surface area contributed by atoms with Gasteiger partial charge >= 0.3 is 0 Å². The lowest BCUT2D eigenvalue weighted by Crippen LogP contribution is -2.43. The number of ether oxygens (including phenoxy) is 3. The van der Waals surface area contributed by atoms with Crippen molar-refractivity contribution in [1.82, 2.24) is 15.5 Å². The van der Waals surface area contributed by atoms with Gasteiger partial charge in [0.05, 0.1) is 40.5 Å². The fourth-order valence-corrected chi connectivity index (χ4v) is 2.83. The molecule has 0 fully saturated rings. The highest BCUT2D eigenvalue weighted by molar-refractivity contribution is 14.0. The molecule has 2 rings (SSSR count). The predicted molar refractivity (Wildman–Crippen MR) is 137 cm³/mol. The first-order valence-electron chi connectivity index (χ1n) is 9.97. The molecule has 2 aromatic rings. The van der Waals surface area contributed by atoms with Crippen LogP contribution in [0.15, 0.2) is 47.5 Å². The molecule has 0 aliphatic carbocycles. The van der Waals surface area contributed by atoms with E-state index in [1.165, 1.54) is 4.90 Å². The monoisotopic (exact) mass is 556 g/mol.